The van der Waals surface area contributed by atoms with Crippen LogP contribution in [0.1, 0.15) is 48.9 Å². The topological polar surface area (TPSA) is 105 Å². The highest BCUT2D eigenvalue weighted by Gasteiger charge is 2.23. The zero-order chi connectivity index (χ0) is 18.3. The van der Waals surface area contributed by atoms with E-state index in [4.69, 9.17) is 4.74 Å². The van der Waals surface area contributed by atoms with Crippen molar-refractivity contribution in [2.75, 3.05) is 25.6 Å². The van der Waals surface area contributed by atoms with Crippen LogP contribution in [0.3, 0.4) is 0 Å². The Labute approximate surface area is 148 Å². The molecule has 0 aromatic heterocycles. The van der Waals surface area contributed by atoms with Crippen LogP contribution in [0.5, 0.6) is 0 Å². The predicted octanol–water partition coefficient (Wildman–Crippen LogP) is 2.44. The number of carboxylic acid groups (broad SMARTS) is 1. The standard InChI is InChI=1S/C17H26N2O5S/c1-24-11-10-18-16-9-8-14(12-15(16)17(20)21)25(22,23)19-13-6-4-2-3-5-7-13/h8-9,12-13,18-19H,2-7,10-11H2,1H3,(H,20,21). The molecule has 0 spiro atoms. The zero-order valence-electron chi connectivity index (χ0n) is 14.5. The second kappa shape index (κ2) is 9.17. The third-order valence-corrected chi connectivity index (χ3v) is 5.85. The van der Waals surface area contributed by atoms with Crippen molar-refractivity contribution in [3.05, 3.63) is 23.8 Å². The molecule has 1 aliphatic carbocycles. The molecule has 0 saturated heterocycles. The molecule has 1 saturated carbocycles. The number of aromatic carboxylic acids is 1. The number of carboxylic acids is 1. The Balaban J connectivity index is 2.19. The summed E-state index contributed by atoms with van der Waals surface area (Å²) in [6, 6.07) is 4.04. The summed E-state index contributed by atoms with van der Waals surface area (Å²) in [6.07, 6.45) is 5.92. The monoisotopic (exact) mass is 370 g/mol. The van der Waals surface area contributed by atoms with Gasteiger partial charge in [-0.05, 0) is 31.0 Å². The number of ether oxygens (including phenoxy) is 1. The first-order chi connectivity index (χ1) is 11.9. The third kappa shape index (κ3) is 5.69. The first kappa shape index (κ1) is 19.7. The lowest BCUT2D eigenvalue weighted by atomic mass is 10.1. The summed E-state index contributed by atoms with van der Waals surface area (Å²) in [5.41, 5.74) is 0.304. The molecule has 0 atom stereocenters. The smallest absolute Gasteiger partial charge is 0.337 e. The second-order valence-corrected chi connectivity index (χ2v) is 7.96. The van der Waals surface area contributed by atoms with Crippen LogP contribution in [-0.4, -0.2) is 45.8 Å². The fraction of sp³-hybridized carbons (Fsp3) is 0.588. The number of benzene rings is 1. The average molecular weight is 370 g/mol. The molecule has 0 bridgehead atoms. The quantitative estimate of drug-likeness (QED) is 0.479. The maximum atomic E-state index is 12.6. The molecular formula is C17H26N2O5S. The van der Waals surface area contributed by atoms with Crippen LogP contribution < -0.4 is 10.0 Å². The van der Waals surface area contributed by atoms with Gasteiger partial charge in [0.2, 0.25) is 10.0 Å². The minimum absolute atomic E-state index is 0.0218. The van der Waals surface area contributed by atoms with E-state index in [0.29, 0.717) is 18.8 Å². The summed E-state index contributed by atoms with van der Waals surface area (Å²) in [6.45, 7) is 0.853. The molecule has 1 aromatic rings. The number of sulfonamides is 1. The SMILES string of the molecule is COCCNc1ccc(S(=O)(=O)NC2CCCCCC2)cc1C(=O)O. The summed E-state index contributed by atoms with van der Waals surface area (Å²) < 4.78 is 32.9. The lowest BCUT2D eigenvalue weighted by Gasteiger charge is -2.17. The summed E-state index contributed by atoms with van der Waals surface area (Å²) in [7, 11) is -2.19. The van der Waals surface area contributed by atoms with E-state index in [-0.39, 0.29) is 16.5 Å². The molecular weight excluding hydrogens is 344 g/mol. The molecule has 140 valence electrons. The highest BCUT2D eigenvalue weighted by atomic mass is 32.2. The highest BCUT2D eigenvalue weighted by Crippen LogP contribution is 2.23. The van der Waals surface area contributed by atoms with E-state index in [9.17, 15) is 18.3 Å². The van der Waals surface area contributed by atoms with Gasteiger partial charge < -0.3 is 15.2 Å². The Morgan fingerprint density at radius 1 is 1.24 bits per heavy atom. The fourth-order valence-corrected chi connectivity index (χ4v) is 4.32. The zero-order valence-corrected chi connectivity index (χ0v) is 15.3. The first-order valence-corrected chi connectivity index (χ1v) is 10.0. The van der Waals surface area contributed by atoms with E-state index in [1.165, 1.54) is 18.2 Å². The predicted molar refractivity (Wildman–Crippen MR) is 95.6 cm³/mol. The van der Waals surface area contributed by atoms with E-state index in [1.54, 1.807) is 7.11 Å². The maximum Gasteiger partial charge on any atom is 0.337 e. The van der Waals surface area contributed by atoms with Crippen molar-refractivity contribution in [1.82, 2.24) is 4.72 Å². The number of methoxy groups -OCH3 is 1. The lowest BCUT2D eigenvalue weighted by molar-refractivity contribution is 0.0697. The van der Waals surface area contributed by atoms with Crippen LogP contribution in [0.15, 0.2) is 23.1 Å². The Bertz CT molecular complexity index is 682. The molecule has 25 heavy (non-hydrogen) atoms. The van der Waals surface area contributed by atoms with Gasteiger partial charge in [-0.25, -0.2) is 17.9 Å². The van der Waals surface area contributed by atoms with Crippen LogP contribution >= 0.6 is 0 Å². The van der Waals surface area contributed by atoms with Crippen molar-refractivity contribution >= 4 is 21.7 Å². The summed E-state index contributed by atoms with van der Waals surface area (Å²) in [5, 5.41) is 12.3. The molecule has 1 aromatic carbocycles. The van der Waals surface area contributed by atoms with Gasteiger partial charge in [0.15, 0.2) is 0 Å². The summed E-state index contributed by atoms with van der Waals surface area (Å²) >= 11 is 0. The number of rotatable bonds is 8. The Morgan fingerprint density at radius 2 is 1.92 bits per heavy atom. The molecule has 3 N–H and O–H groups in total. The average Bonchev–Trinajstić information content (AvgIpc) is 2.83. The molecule has 0 unspecified atom stereocenters. The Kier molecular flexibility index (Phi) is 7.22. The molecule has 0 radical (unpaired) electrons. The van der Waals surface area contributed by atoms with Crippen molar-refractivity contribution in [1.29, 1.82) is 0 Å². The Morgan fingerprint density at radius 3 is 2.52 bits per heavy atom. The molecule has 0 aliphatic heterocycles. The van der Waals surface area contributed by atoms with Crippen LogP contribution in [0.25, 0.3) is 0 Å². The van der Waals surface area contributed by atoms with E-state index in [0.717, 1.165) is 38.5 Å². The van der Waals surface area contributed by atoms with Crippen molar-refractivity contribution in [2.24, 2.45) is 0 Å². The van der Waals surface area contributed by atoms with Crippen LogP contribution in [0.4, 0.5) is 5.69 Å². The number of nitrogens with one attached hydrogen (secondary N) is 2. The number of hydrogen-bond donors (Lipinski definition) is 3. The molecule has 0 amide bonds. The van der Waals surface area contributed by atoms with Gasteiger partial charge in [0.25, 0.3) is 0 Å². The highest BCUT2D eigenvalue weighted by molar-refractivity contribution is 7.89. The van der Waals surface area contributed by atoms with Crippen molar-refractivity contribution in [3.63, 3.8) is 0 Å². The lowest BCUT2D eigenvalue weighted by Crippen LogP contribution is -2.34. The number of anilines is 1. The van der Waals surface area contributed by atoms with E-state index in [2.05, 4.69) is 10.0 Å². The van der Waals surface area contributed by atoms with Crippen LogP contribution in [-0.2, 0) is 14.8 Å². The van der Waals surface area contributed by atoms with Gasteiger partial charge in [-0.2, -0.15) is 0 Å². The van der Waals surface area contributed by atoms with Crippen LogP contribution in [0, 0.1) is 0 Å². The van der Waals surface area contributed by atoms with E-state index < -0.39 is 16.0 Å². The fourth-order valence-electron chi connectivity index (χ4n) is 2.99. The van der Waals surface area contributed by atoms with Crippen LogP contribution in [0.2, 0.25) is 0 Å². The molecule has 1 aliphatic rings. The van der Waals surface area contributed by atoms with Gasteiger partial charge in [0.05, 0.1) is 17.1 Å². The normalized spacial score (nSPS) is 16.4. The molecule has 2 rings (SSSR count). The minimum atomic E-state index is -3.74. The van der Waals surface area contributed by atoms with Gasteiger partial charge in [0.1, 0.15) is 0 Å². The summed E-state index contributed by atoms with van der Waals surface area (Å²) in [5.74, 6) is -1.17. The Hall–Kier alpha value is -1.64. The molecule has 8 heteroatoms. The second-order valence-electron chi connectivity index (χ2n) is 6.24. The largest absolute Gasteiger partial charge is 0.478 e. The molecule has 7 nitrogen and oxygen atoms in total. The molecule has 0 heterocycles. The minimum Gasteiger partial charge on any atom is -0.478 e. The van der Waals surface area contributed by atoms with Crippen molar-refractivity contribution in [3.8, 4) is 0 Å². The van der Waals surface area contributed by atoms with Gasteiger partial charge in [-0.1, -0.05) is 25.7 Å². The maximum absolute atomic E-state index is 12.6. The van der Waals surface area contributed by atoms with E-state index in [1.807, 2.05) is 0 Å². The third-order valence-electron chi connectivity index (χ3n) is 4.33. The number of hydrogen-bond acceptors (Lipinski definition) is 5. The van der Waals surface area contributed by atoms with Gasteiger partial charge in [0, 0.05) is 25.4 Å². The summed E-state index contributed by atoms with van der Waals surface area (Å²) in [4.78, 5) is 11.5. The number of carbonyl (C=O) groups is 1. The van der Waals surface area contributed by atoms with E-state index >= 15 is 0 Å². The van der Waals surface area contributed by atoms with Gasteiger partial charge in [-0.3, -0.25) is 0 Å². The first-order valence-electron chi connectivity index (χ1n) is 8.56. The van der Waals surface area contributed by atoms with Gasteiger partial charge >= 0.3 is 5.97 Å². The molecule has 1 fully saturated rings. The van der Waals surface area contributed by atoms with Gasteiger partial charge in [-0.15, -0.1) is 0 Å². The van der Waals surface area contributed by atoms with Crippen molar-refractivity contribution in [2.45, 2.75) is 49.5 Å². The van der Waals surface area contributed by atoms with Crippen molar-refractivity contribution < 1.29 is 23.1 Å².